The highest BCUT2D eigenvalue weighted by Gasteiger charge is 2.03. The predicted octanol–water partition coefficient (Wildman–Crippen LogP) is -0.119. The summed E-state index contributed by atoms with van der Waals surface area (Å²) >= 11 is 0. The summed E-state index contributed by atoms with van der Waals surface area (Å²) in [6, 6.07) is 3.02. The molecule has 0 bridgehead atoms. The summed E-state index contributed by atoms with van der Waals surface area (Å²) in [6.07, 6.45) is 1.42. The number of nitrogens with zero attached hydrogens (tertiary/aromatic N) is 2. The molecular weight excluding hydrogens is 198 g/mol. The van der Waals surface area contributed by atoms with Crippen LogP contribution in [0.1, 0.15) is 11.5 Å². The Morgan fingerprint density at radius 2 is 2.33 bits per heavy atom. The topological polar surface area (TPSA) is 80.9 Å². The highest BCUT2D eigenvalue weighted by Crippen LogP contribution is 2.02. The zero-order valence-corrected chi connectivity index (χ0v) is 8.06. The number of hydrogen-bond acceptors (Lipinski definition) is 4. The molecular formula is C9H9N3O3. The van der Waals surface area contributed by atoms with E-state index in [4.69, 9.17) is 4.52 Å². The van der Waals surface area contributed by atoms with E-state index in [0.717, 1.165) is 5.69 Å². The normalized spacial score (nSPS) is 10.5. The third-order valence-electron chi connectivity index (χ3n) is 1.90. The van der Waals surface area contributed by atoms with Gasteiger partial charge in [-0.2, -0.15) is 0 Å². The first-order chi connectivity index (χ1) is 7.15. The van der Waals surface area contributed by atoms with Crippen LogP contribution >= 0.6 is 0 Å². The third-order valence-corrected chi connectivity index (χ3v) is 1.90. The van der Waals surface area contributed by atoms with Crippen molar-refractivity contribution in [2.75, 3.05) is 0 Å². The van der Waals surface area contributed by atoms with E-state index in [-0.39, 0.29) is 6.54 Å². The predicted molar refractivity (Wildman–Crippen MR) is 51.7 cm³/mol. The van der Waals surface area contributed by atoms with E-state index < -0.39 is 11.2 Å². The minimum Gasteiger partial charge on any atom is -0.359 e. The van der Waals surface area contributed by atoms with Crippen LogP contribution in [0.2, 0.25) is 0 Å². The second-order valence-corrected chi connectivity index (χ2v) is 3.17. The zero-order chi connectivity index (χ0) is 10.8. The van der Waals surface area contributed by atoms with E-state index >= 15 is 0 Å². The second kappa shape index (κ2) is 3.56. The lowest BCUT2D eigenvalue weighted by Gasteiger charge is -1.99. The van der Waals surface area contributed by atoms with Crippen LogP contribution in [0.25, 0.3) is 0 Å². The van der Waals surface area contributed by atoms with Crippen molar-refractivity contribution in [2.45, 2.75) is 13.5 Å². The lowest BCUT2D eigenvalue weighted by atomic mass is 10.4. The smallest absolute Gasteiger partial charge is 0.328 e. The van der Waals surface area contributed by atoms with Crippen LogP contribution in [-0.4, -0.2) is 14.7 Å². The molecule has 78 valence electrons. The molecule has 6 heteroatoms. The van der Waals surface area contributed by atoms with E-state index in [9.17, 15) is 9.59 Å². The van der Waals surface area contributed by atoms with E-state index in [2.05, 4.69) is 10.1 Å². The molecule has 0 aliphatic heterocycles. The summed E-state index contributed by atoms with van der Waals surface area (Å²) in [7, 11) is 0. The molecule has 2 heterocycles. The van der Waals surface area contributed by atoms with Gasteiger partial charge in [0.25, 0.3) is 5.56 Å². The fourth-order valence-corrected chi connectivity index (χ4v) is 1.23. The molecule has 0 fully saturated rings. The highest BCUT2D eigenvalue weighted by molar-refractivity contribution is 5.03. The SMILES string of the molecule is Cc1cc(Cn2ccc(=O)[nH]c2=O)on1. The van der Waals surface area contributed by atoms with Gasteiger partial charge in [0.2, 0.25) is 0 Å². The van der Waals surface area contributed by atoms with Gasteiger partial charge in [-0.05, 0) is 6.92 Å². The summed E-state index contributed by atoms with van der Waals surface area (Å²) in [5.41, 5.74) is -0.121. The summed E-state index contributed by atoms with van der Waals surface area (Å²) in [5, 5.41) is 3.70. The third kappa shape index (κ3) is 2.04. The lowest BCUT2D eigenvalue weighted by Crippen LogP contribution is -2.28. The van der Waals surface area contributed by atoms with Gasteiger partial charge in [-0.15, -0.1) is 0 Å². The molecule has 0 unspecified atom stereocenters. The van der Waals surface area contributed by atoms with Crippen molar-refractivity contribution in [3.05, 3.63) is 50.6 Å². The largest absolute Gasteiger partial charge is 0.359 e. The average molecular weight is 207 g/mol. The monoisotopic (exact) mass is 207 g/mol. The van der Waals surface area contributed by atoms with Gasteiger partial charge < -0.3 is 4.52 Å². The van der Waals surface area contributed by atoms with Crippen LogP contribution < -0.4 is 11.2 Å². The van der Waals surface area contributed by atoms with Crippen molar-refractivity contribution in [2.24, 2.45) is 0 Å². The van der Waals surface area contributed by atoms with Crippen LogP contribution in [0.3, 0.4) is 0 Å². The van der Waals surface area contributed by atoms with Gasteiger partial charge >= 0.3 is 5.69 Å². The van der Waals surface area contributed by atoms with Crippen LogP contribution in [0.15, 0.2) is 32.4 Å². The standard InChI is InChI=1S/C9H9N3O3/c1-6-4-7(15-11-6)5-12-3-2-8(13)10-9(12)14/h2-4H,5H2,1H3,(H,10,13,14). The summed E-state index contributed by atoms with van der Waals surface area (Å²) in [4.78, 5) is 24.2. The van der Waals surface area contributed by atoms with E-state index in [0.29, 0.717) is 5.76 Å². The van der Waals surface area contributed by atoms with Crippen LogP contribution in [0.5, 0.6) is 0 Å². The molecule has 2 rings (SSSR count). The van der Waals surface area contributed by atoms with Crippen molar-refractivity contribution in [3.8, 4) is 0 Å². The van der Waals surface area contributed by atoms with Crippen molar-refractivity contribution in [3.63, 3.8) is 0 Å². The maximum Gasteiger partial charge on any atom is 0.328 e. The van der Waals surface area contributed by atoms with Gasteiger partial charge in [-0.25, -0.2) is 4.79 Å². The summed E-state index contributed by atoms with van der Waals surface area (Å²) in [6.45, 7) is 2.05. The Kier molecular flexibility index (Phi) is 2.24. The molecule has 2 aromatic rings. The number of rotatable bonds is 2. The molecule has 1 N–H and O–H groups in total. The number of aryl methyl sites for hydroxylation is 1. The van der Waals surface area contributed by atoms with Gasteiger partial charge in [0, 0.05) is 18.3 Å². The fraction of sp³-hybridized carbons (Fsp3) is 0.222. The molecule has 2 aromatic heterocycles. The number of nitrogens with one attached hydrogen (secondary N) is 1. The number of hydrogen-bond donors (Lipinski definition) is 1. The highest BCUT2D eigenvalue weighted by atomic mass is 16.5. The Hall–Kier alpha value is -2.11. The Morgan fingerprint density at radius 1 is 1.53 bits per heavy atom. The first kappa shape index (κ1) is 9.45. The first-order valence-corrected chi connectivity index (χ1v) is 4.37. The van der Waals surface area contributed by atoms with Crippen LogP contribution in [0, 0.1) is 6.92 Å². The number of aromatic amines is 1. The van der Waals surface area contributed by atoms with Gasteiger partial charge in [0.05, 0.1) is 12.2 Å². The molecule has 0 aliphatic rings. The van der Waals surface area contributed by atoms with E-state index in [1.54, 1.807) is 13.0 Å². The summed E-state index contributed by atoms with van der Waals surface area (Å²) in [5.74, 6) is 0.571. The van der Waals surface area contributed by atoms with Crippen LogP contribution in [-0.2, 0) is 6.54 Å². The quantitative estimate of drug-likeness (QED) is 0.744. The molecule has 0 saturated heterocycles. The zero-order valence-electron chi connectivity index (χ0n) is 8.06. The first-order valence-electron chi connectivity index (χ1n) is 4.37. The van der Waals surface area contributed by atoms with Crippen molar-refractivity contribution in [1.82, 2.24) is 14.7 Å². The van der Waals surface area contributed by atoms with Crippen LogP contribution in [0.4, 0.5) is 0 Å². The maximum absolute atomic E-state index is 11.3. The Bertz CT molecular complexity index is 579. The minimum atomic E-state index is -0.462. The number of aromatic nitrogens is 3. The fourth-order valence-electron chi connectivity index (χ4n) is 1.23. The summed E-state index contributed by atoms with van der Waals surface area (Å²) < 4.78 is 6.29. The van der Waals surface area contributed by atoms with Gasteiger partial charge in [0.15, 0.2) is 5.76 Å². The molecule has 0 amide bonds. The maximum atomic E-state index is 11.3. The second-order valence-electron chi connectivity index (χ2n) is 3.17. The van der Waals surface area contributed by atoms with Gasteiger partial charge in [-0.1, -0.05) is 5.16 Å². The van der Waals surface area contributed by atoms with Gasteiger partial charge in [-0.3, -0.25) is 14.3 Å². The van der Waals surface area contributed by atoms with Crippen molar-refractivity contribution < 1.29 is 4.52 Å². The molecule has 0 radical (unpaired) electrons. The molecule has 6 nitrogen and oxygen atoms in total. The molecule has 15 heavy (non-hydrogen) atoms. The molecule has 0 saturated carbocycles. The van der Waals surface area contributed by atoms with Gasteiger partial charge in [0.1, 0.15) is 0 Å². The molecule has 0 spiro atoms. The number of H-pyrrole nitrogens is 1. The van der Waals surface area contributed by atoms with E-state index in [1.165, 1.54) is 16.8 Å². The Morgan fingerprint density at radius 3 is 2.93 bits per heavy atom. The Balaban J connectivity index is 2.32. The average Bonchev–Trinajstić information content (AvgIpc) is 2.56. The van der Waals surface area contributed by atoms with Crippen molar-refractivity contribution in [1.29, 1.82) is 0 Å². The molecule has 0 aliphatic carbocycles. The lowest BCUT2D eigenvalue weighted by molar-refractivity contribution is 0.371. The molecule has 0 aromatic carbocycles. The minimum absolute atomic E-state index is 0.260. The van der Waals surface area contributed by atoms with E-state index in [1.807, 2.05) is 0 Å². The molecule has 0 atom stereocenters. The van der Waals surface area contributed by atoms with Crippen molar-refractivity contribution >= 4 is 0 Å². The Labute approximate surface area is 84.2 Å².